The van der Waals surface area contributed by atoms with E-state index in [1.807, 2.05) is 30.3 Å². The van der Waals surface area contributed by atoms with Gasteiger partial charge in [0.1, 0.15) is 0 Å². The largest absolute Gasteiger partial charge is 0.378 e. The Hall–Kier alpha value is -0.910. The normalized spacial score (nSPS) is 19.6. The Morgan fingerprint density at radius 1 is 1.30 bits per heavy atom. The predicted molar refractivity (Wildman–Crippen MR) is 80.2 cm³/mol. The van der Waals surface area contributed by atoms with Gasteiger partial charge in [0.15, 0.2) is 0 Å². The van der Waals surface area contributed by atoms with Gasteiger partial charge < -0.3 is 4.74 Å². The molecule has 1 fully saturated rings. The summed E-state index contributed by atoms with van der Waals surface area (Å²) in [6.07, 6.45) is 3.53. The molecular weight excluding hydrogens is 274 g/mol. The molecule has 0 spiro atoms. The van der Waals surface area contributed by atoms with Gasteiger partial charge >= 0.3 is 0 Å². The quantitative estimate of drug-likeness (QED) is 0.774. The summed E-state index contributed by atoms with van der Waals surface area (Å²) in [6.45, 7) is 1.30. The second-order valence-corrected chi connectivity index (χ2v) is 7.49. The van der Waals surface area contributed by atoms with E-state index in [1.54, 1.807) is 7.05 Å². The summed E-state index contributed by atoms with van der Waals surface area (Å²) in [5, 5.41) is 0. The zero-order valence-electron chi connectivity index (χ0n) is 12.0. The van der Waals surface area contributed by atoms with Crippen molar-refractivity contribution in [2.24, 2.45) is 0 Å². The fraction of sp³-hybridized carbons (Fsp3) is 0.600. The van der Waals surface area contributed by atoms with Gasteiger partial charge in [0.25, 0.3) is 0 Å². The van der Waals surface area contributed by atoms with Gasteiger partial charge in [-0.2, -0.15) is 0 Å². The number of nitrogens with zero attached hydrogens (tertiary/aromatic N) is 1. The van der Waals surface area contributed by atoms with Crippen molar-refractivity contribution in [3.8, 4) is 0 Å². The van der Waals surface area contributed by atoms with Gasteiger partial charge in [-0.05, 0) is 31.2 Å². The number of rotatable bonds is 7. The third-order valence-corrected chi connectivity index (χ3v) is 5.64. The molecule has 0 aliphatic carbocycles. The lowest BCUT2D eigenvalue weighted by Crippen LogP contribution is -2.32. The van der Waals surface area contributed by atoms with Crippen LogP contribution in [0.4, 0.5) is 0 Å². The highest BCUT2D eigenvalue weighted by molar-refractivity contribution is 7.89. The van der Waals surface area contributed by atoms with Gasteiger partial charge in [0.05, 0.1) is 11.9 Å². The second kappa shape index (κ2) is 7.20. The van der Waals surface area contributed by atoms with Gasteiger partial charge in [-0.25, -0.2) is 12.7 Å². The average molecular weight is 297 g/mol. The first kappa shape index (κ1) is 15.5. The van der Waals surface area contributed by atoms with Crippen LogP contribution in [0.2, 0.25) is 0 Å². The van der Waals surface area contributed by atoms with Crippen molar-refractivity contribution in [1.29, 1.82) is 0 Å². The van der Waals surface area contributed by atoms with Crippen LogP contribution >= 0.6 is 0 Å². The molecule has 1 aliphatic heterocycles. The molecule has 112 valence electrons. The van der Waals surface area contributed by atoms with E-state index in [0.717, 1.165) is 31.4 Å². The van der Waals surface area contributed by atoms with Gasteiger partial charge in [-0.15, -0.1) is 0 Å². The summed E-state index contributed by atoms with van der Waals surface area (Å²) in [5.74, 6) is 0.183. The van der Waals surface area contributed by atoms with Crippen molar-refractivity contribution in [1.82, 2.24) is 4.31 Å². The van der Waals surface area contributed by atoms with Crippen LogP contribution in [-0.4, -0.2) is 44.8 Å². The number of likely N-dealkylation sites (N-methyl/N-ethyl adjacent to an activating group) is 1. The first-order valence-corrected chi connectivity index (χ1v) is 8.78. The van der Waals surface area contributed by atoms with Gasteiger partial charge in [0, 0.05) is 20.2 Å². The molecule has 1 saturated heterocycles. The SMILES string of the molecule is CN(CCc1ccccc1)S(=O)(=O)CC[C@@H]1CCCO1. The Bertz CT molecular complexity index is 495. The predicted octanol–water partition coefficient (Wildman–Crippen LogP) is 2.06. The van der Waals surface area contributed by atoms with Crippen LogP contribution < -0.4 is 0 Å². The maximum Gasteiger partial charge on any atom is 0.213 e. The van der Waals surface area contributed by atoms with Crippen molar-refractivity contribution in [3.63, 3.8) is 0 Å². The van der Waals surface area contributed by atoms with Gasteiger partial charge in [0.2, 0.25) is 10.0 Å². The van der Waals surface area contributed by atoms with Gasteiger partial charge in [-0.3, -0.25) is 0 Å². The minimum absolute atomic E-state index is 0.132. The first-order chi connectivity index (χ1) is 9.58. The van der Waals surface area contributed by atoms with Crippen LogP contribution in [0.15, 0.2) is 30.3 Å². The van der Waals surface area contributed by atoms with E-state index in [0.29, 0.717) is 13.0 Å². The van der Waals surface area contributed by atoms with Crippen LogP contribution in [0.1, 0.15) is 24.8 Å². The van der Waals surface area contributed by atoms with Crippen molar-refractivity contribution < 1.29 is 13.2 Å². The summed E-state index contributed by atoms with van der Waals surface area (Å²) < 4.78 is 31.3. The molecule has 0 unspecified atom stereocenters. The molecule has 0 amide bonds. The minimum atomic E-state index is -3.16. The molecule has 1 heterocycles. The first-order valence-electron chi connectivity index (χ1n) is 7.17. The Labute approximate surface area is 121 Å². The molecule has 0 radical (unpaired) electrons. The van der Waals surface area contributed by atoms with Crippen molar-refractivity contribution in [2.45, 2.75) is 31.8 Å². The van der Waals surface area contributed by atoms with Crippen molar-refractivity contribution in [3.05, 3.63) is 35.9 Å². The second-order valence-electron chi connectivity index (χ2n) is 5.30. The molecule has 0 bridgehead atoms. The van der Waals surface area contributed by atoms with E-state index >= 15 is 0 Å². The standard InChI is InChI=1S/C15H23NO3S/c1-16(11-9-14-6-3-2-4-7-14)20(17,18)13-10-15-8-5-12-19-15/h2-4,6-7,15H,5,8-13H2,1H3/t15-/m0/s1. The summed E-state index contributed by atoms with van der Waals surface area (Å²) in [5.41, 5.74) is 1.16. The summed E-state index contributed by atoms with van der Waals surface area (Å²) >= 11 is 0. The van der Waals surface area contributed by atoms with Crippen LogP contribution in [-0.2, 0) is 21.2 Å². The number of benzene rings is 1. The zero-order chi connectivity index (χ0) is 14.4. The summed E-state index contributed by atoms with van der Waals surface area (Å²) in [7, 11) is -1.50. The number of hydrogen-bond acceptors (Lipinski definition) is 3. The molecule has 0 aromatic heterocycles. The highest BCUT2D eigenvalue weighted by Gasteiger charge is 2.22. The lowest BCUT2D eigenvalue weighted by molar-refractivity contribution is 0.108. The summed E-state index contributed by atoms with van der Waals surface area (Å²) in [6, 6.07) is 9.95. The monoisotopic (exact) mass is 297 g/mol. The lowest BCUT2D eigenvalue weighted by atomic mass is 10.2. The number of hydrogen-bond donors (Lipinski definition) is 0. The third kappa shape index (κ3) is 4.58. The fourth-order valence-electron chi connectivity index (χ4n) is 2.38. The maximum absolute atomic E-state index is 12.2. The molecule has 0 N–H and O–H groups in total. The average Bonchev–Trinajstić information content (AvgIpc) is 2.97. The van der Waals surface area contributed by atoms with E-state index in [1.165, 1.54) is 4.31 Å². The third-order valence-electron chi connectivity index (χ3n) is 3.75. The molecule has 1 aromatic carbocycles. The highest BCUT2D eigenvalue weighted by Crippen LogP contribution is 2.16. The summed E-state index contributed by atoms with van der Waals surface area (Å²) in [4.78, 5) is 0. The molecule has 1 aliphatic rings. The molecule has 20 heavy (non-hydrogen) atoms. The molecule has 2 rings (SSSR count). The topological polar surface area (TPSA) is 46.6 Å². The number of ether oxygens (including phenoxy) is 1. The van der Waals surface area contributed by atoms with Crippen molar-refractivity contribution in [2.75, 3.05) is 26.0 Å². The lowest BCUT2D eigenvalue weighted by Gasteiger charge is -2.18. The van der Waals surface area contributed by atoms with E-state index in [9.17, 15) is 8.42 Å². The van der Waals surface area contributed by atoms with E-state index < -0.39 is 10.0 Å². The van der Waals surface area contributed by atoms with Crippen LogP contribution in [0.25, 0.3) is 0 Å². The molecule has 1 aromatic rings. The fourth-order valence-corrected chi connectivity index (χ4v) is 3.62. The Kier molecular flexibility index (Phi) is 5.57. The molecule has 4 nitrogen and oxygen atoms in total. The Balaban J connectivity index is 1.79. The molecule has 5 heteroatoms. The van der Waals surface area contributed by atoms with Crippen LogP contribution in [0.5, 0.6) is 0 Å². The minimum Gasteiger partial charge on any atom is -0.378 e. The van der Waals surface area contributed by atoms with E-state index in [4.69, 9.17) is 4.74 Å². The zero-order valence-corrected chi connectivity index (χ0v) is 12.8. The van der Waals surface area contributed by atoms with Gasteiger partial charge in [-0.1, -0.05) is 30.3 Å². The number of sulfonamides is 1. The van der Waals surface area contributed by atoms with E-state index in [2.05, 4.69) is 0 Å². The Morgan fingerprint density at radius 2 is 2.05 bits per heavy atom. The smallest absolute Gasteiger partial charge is 0.213 e. The van der Waals surface area contributed by atoms with Crippen LogP contribution in [0.3, 0.4) is 0 Å². The maximum atomic E-state index is 12.2. The van der Waals surface area contributed by atoms with E-state index in [-0.39, 0.29) is 11.9 Å². The molecule has 0 saturated carbocycles. The Morgan fingerprint density at radius 3 is 2.70 bits per heavy atom. The van der Waals surface area contributed by atoms with Crippen molar-refractivity contribution >= 4 is 10.0 Å². The molecular formula is C15H23NO3S. The molecule has 1 atom stereocenters. The highest BCUT2D eigenvalue weighted by atomic mass is 32.2. The van der Waals surface area contributed by atoms with Crippen LogP contribution in [0, 0.1) is 0 Å².